The number of aromatic nitrogens is 2. The van der Waals surface area contributed by atoms with E-state index in [-0.39, 0.29) is 5.91 Å². The number of carbonyl (C=O) groups is 1. The number of amides is 1. The quantitative estimate of drug-likeness (QED) is 0.784. The van der Waals surface area contributed by atoms with E-state index in [9.17, 15) is 9.18 Å². The maximum absolute atomic E-state index is 14.5. The first-order valence-corrected chi connectivity index (χ1v) is 7.77. The lowest BCUT2D eigenvalue weighted by atomic mass is 10.1. The normalized spacial score (nSPS) is 10.6. The van der Waals surface area contributed by atoms with Gasteiger partial charge in [0.1, 0.15) is 11.4 Å². The van der Waals surface area contributed by atoms with E-state index in [1.54, 1.807) is 36.4 Å². The van der Waals surface area contributed by atoms with Crippen molar-refractivity contribution in [2.24, 2.45) is 0 Å². The summed E-state index contributed by atoms with van der Waals surface area (Å²) in [5.41, 5.74) is 2.72. The molecule has 0 aliphatic rings. The summed E-state index contributed by atoms with van der Waals surface area (Å²) in [6, 6.07) is 13.2. The summed E-state index contributed by atoms with van der Waals surface area (Å²) in [5.74, 6) is -0.375. The van der Waals surface area contributed by atoms with E-state index in [4.69, 9.17) is 4.74 Å². The van der Waals surface area contributed by atoms with Crippen LogP contribution in [0.15, 0.2) is 48.5 Å². The highest BCUT2D eigenvalue weighted by Gasteiger charge is 2.14. The molecule has 1 heterocycles. The Labute approximate surface area is 145 Å². The molecule has 1 amide bonds. The fraction of sp³-hybridized carbons (Fsp3) is 0.158. The zero-order valence-electron chi connectivity index (χ0n) is 14.2. The number of halogens is 1. The Morgan fingerprint density at radius 2 is 1.92 bits per heavy atom. The highest BCUT2D eigenvalue weighted by Crippen LogP contribution is 2.22. The van der Waals surface area contributed by atoms with Crippen LogP contribution in [0.5, 0.6) is 5.75 Å². The van der Waals surface area contributed by atoms with Crippen molar-refractivity contribution in [1.29, 1.82) is 0 Å². The fourth-order valence-corrected chi connectivity index (χ4v) is 2.66. The van der Waals surface area contributed by atoms with Crippen LogP contribution < -0.4 is 10.1 Å². The van der Waals surface area contributed by atoms with Crippen LogP contribution in [-0.2, 0) is 0 Å². The summed E-state index contributed by atoms with van der Waals surface area (Å²) < 4.78 is 21.2. The number of aryl methyl sites for hydroxylation is 2. The third kappa shape index (κ3) is 3.38. The second-order valence-electron chi connectivity index (χ2n) is 5.66. The molecule has 25 heavy (non-hydrogen) atoms. The first kappa shape index (κ1) is 16.7. The fourth-order valence-electron chi connectivity index (χ4n) is 2.66. The Morgan fingerprint density at radius 3 is 2.56 bits per heavy atom. The maximum atomic E-state index is 14.5. The van der Waals surface area contributed by atoms with Gasteiger partial charge in [-0.05, 0) is 50.2 Å². The van der Waals surface area contributed by atoms with Crippen LogP contribution >= 0.6 is 0 Å². The number of benzene rings is 2. The van der Waals surface area contributed by atoms with Gasteiger partial charge in [0.2, 0.25) is 0 Å². The highest BCUT2D eigenvalue weighted by molar-refractivity contribution is 6.06. The topological polar surface area (TPSA) is 56.1 Å². The molecule has 128 valence electrons. The van der Waals surface area contributed by atoms with Crippen molar-refractivity contribution in [3.05, 3.63) is 71.3 Å². The number of nitrogens with zero attached hydrogens (tertiary/aromatic N) is 2. The van der Waals surface area contributed by atoms with Crippen LogP contribution in [0.2, 0.25) is 0 Å². The van der Waals surface area contributed by atoms with Gasteiger partial charge in [0.05, 0.1) is 18.4 Å². The summed E-state index contributed by atoms with van der Waals surface area (Å²) in [4.78, 5) is 12.4. The number of methoxy groups -OCH3 is 1. The van der Waals surface area contributed by atoms with Crippen molar-refractivity contribution in [3.63, 3.8) is 0 Å². The van der Waals surface area contributed by atoms with Crippen molar-refractivity contribution >= 4 is 11.6 Å². The Kier molecular flexibility index (Phi) is 4.52. The molecular weight excluding hydrogens is 321 g/mol. The van der Waals surface area contributed by atoms with Gasteiger partial charge in [-0.25, -0.2) is 9.07 Å². The minimum Gasteiger partial charge on any atom is -0.496 e. The van der Waals surface area contributed by atoms with Gasteiger partial charge in [0.25, 0.3) is 5.91 Å². The van der Waals surface area contributed by atoms with Gasteiger partial charge in [-0.15, -0.1) is 0 Å². The molecule has 3 aromatic rings. The molecule has 6 heteroatoms. The van der Waals surface area contributed by atoms with Gasteiger partial charge in [0, 0.05) is 11.4 Å². The summed E-state index contributed by atoms with van der Waals surface area (Å²) in [6.07, 6.45) is 0. The van der Waals surface area contributed by atoms with Crippen molar-refractivity contribution in [1.82, 2.24) is 9.78 Å². The molecule has 0 fully saturated rings. The van der Waals surface area contributed by atoms with Crippen molar-refractivity contribution in [3.8, 4) is 11.4 Å². The lowest BCUT2D eigenvalue weighted by Gasteiger charge is -2.11. The van der Waals surface area contributed by atoms with Crippen LogP contribution in [0.25, 0.3) is 5.69 Å². The largest absolute Gasteiger partial charge is 0.496 e. The lowest BCUT2D eigenvalue weighted by Crippen LogP contribution is -2.13. The minimum absolute atomic E-state index is 0.334. The average molecular weight is 339 g/mol. The molecule has 0 aliphatic heterocycles. The Balaban J connectivity index is 1.86. The van der Waals surface area contributed by atoms with Crippen LogP contribution in [0.1, 0.15) is 21.7 Å². The van der Waals surface area contributed by atoms with E-state index in [1.807, 2.05) is 19.9 Å². The van der Waals surface area contributed by atoms with E-state index in [2.05, 4.69) is 10.4 Å². The number of carbonyl (C=O) groups excluding carboxylic acids is 1. The second kappa shape index (κ2) is 6.76. The number of ether oxygens (including phenoxy) is 1. The Morgan fingerprint density at radius 1 is 1.16 bits per heavy atom. The molecular formula is C19H18FN3O2. The zero-order chi connectivity index (χ0) is 18.0. The molecule has 2 aromatic carbocycles. The summed E-state index contributed by atoms with van der Waals surface area (Å²) in [7, 11) is 1.50. The number of hydrogen-bond acceptors (Lipinski definition) is 3. The van der Waals surface area contributed by atoms with Gasteiger partial charge in [-0.1, -0.05) is 12.1 Å². The molecule has 3 rings (SSSR count). The van der Waals surface area contributed by atoms with Gasteiger partial charge in [-0.3, -0.25) is 4.79 Å². The molecule has 0 saturated carbocycles. The number of hydrogen-bond donors (Lipinski definition) is 1. The van der Waals surface area contributed by atoms with E-state index >= 15 is 0 Å². The molecule has 0 aliphatic carbocycles. The number of para-hydroxylation sites is 1. The summed E-state index contributed by atoms with van der Waals surface area (Å²) >= 11 is 0. The standard InChI is InChI=1S/C19H18FN3O2/c1-12-10-13(2)23(22-12)17-9-8-14(11-16(17)20)21-19(24)15-6-4-5-7-18(15)25-3/h4-11H,1-3H3,(H,21,24). The molecule has 0 unspecified atom stereocenters. The highest BCUT2D eigenvalue weighted by atomic mass is 19.1. The van der Waals surface area contributed by atoms with Crippen LogP contribution in [0.4, 0.5) is 10.1 Å². The first-order chi connectivity index (χ1) is 12.0. The van der Waals surface area contributed by atoms with E-state index in [0.717, 1.165) is 11.4 Å². The number of nitrogens with one attached hydrogen (secondary N) is 1. The van der Waals surface area contributed by atoms with Crippen LogP contribution in [-0.4, -0.2) is 22.8 Å². The monoisotopic (exact) mass is 339 g/mol. The van der Waals surface area contributed by atoms with Crippen LogP contribution in [0.3, 0.4) is 0 Å². The molecule has 5 nitrogen and oxygen atoms in total. The predicted octanol–water partition coefficient (Wildman–Crippen LogP) is 3.89. The minimum atomic E-state index is -0.468. The van der Waals surface area contributed by atoms with Gasteiger partial charge in [0.15, 0.2) is 5.82 Å². The molecule has 0 atom stereocenters. The molecule has 0 radical (unpaired) electrons. The first-order valence-electron chi connectivity index (χ1n) is 7.77. The lowest BCUT2D eigenvalue weighted by molar-refractivity contribution is 0.102. The Hall–Kier alpha value is -3.15. The van der Waals surface area contributed by atoms with E-state index in [0.29, 0.717) is 22.7 Å². The molecule has 0 bridgehead atoms. The van der Waals surface area contributed by atoms with E-state index < -0.39 is 5.82 Å². The van der Waals surface area contributed by atoms with Crippen molar-refractivity contribution in [2.75, 3.05) is 12.4 Å². The average Bonchev–Trinajstić information content (AvgIpc) is 2.93. The SMILES string of the molecule is COc1ccccc1C(=O)Nc1ccc(-n2nc(C)cc2C)c(F)c1. The summed E-state index contributed by atoms with van der Waals surface area (Å²) in [6.45, 7) is 3.71. The number of rotatable bonds is 4. The molecule has 1 aromatic heterocycles. The third-order valence-electron chi connectivity index (χ3n) is 3.79. The Bertz CT molecular complexity index is 934. The summed E-state index contributed by atoms with van der Waals surface area (Å²) in [5, 5.41) is 6.96. The second-order valence-corrected chi connectivity index (χ2v) is 5.66. The molecule has 0 saturated heterocycles. The predicted molar refractivity (Wildman–Crippen MR) is 93.9 cm³/mol. The van der Waals surface area contributed by atoms with Gasteiger partial charge < -0.3 is 10.1 Å². The maximum Gasteiger partial charge on any atom is 0.259 e. The zero-order valence-corrected chi connectivity index (χ0v) is 14.2. The third-order valence-corrected chi connectivity index (χ3v) is 3.79. The van der Waals surface area contributed by atoms with E-state index in [1.165, 1.54) is 17.9 Å². The molecule has 1 N–H and O–H groups in total. The van der Waals surface area contributed by atoms with Crippen LogP contribution in [0, 0.1) is 19.7 Å². The molecule has 0 spiro atoms. The van der Waals surface area contributed by atoms with Gasteiger partial charge in [-0.2, -0.15) is 5.10 Å². The van der Waals surface area contributed by atoms with Crippen molar-refractivity contribution in [2.45, 2.75) is 13.8 Å². The smallest absolute Gasteiger partial charge is 0.259 e. The van der Waals surface area contributed by atoms with Gasteiger partial charge >= 0.3 is 0 Å². The van der Waals surface area contributed by atoms with Crippen molar-refractivity contribution < 1.29 is 13.9 Å². The number of anilines is 1.